The van der Waals surface area contributed by atoms with E-state index in [1.165, 1.54) is 10.8 Å². The first-order valence-corrected chi connectivity index (χ1v) is 10.9. The third kappa shape index (κ3) is 7.34. The Morgan fingerprint density at radius 3 is 1.50 bits per heavy atom. The molecule has 0 saturated heterocycles. The van der Waals surface area contributed by atoms with E-state index in [1.54, 1.807) is 6.92 Å². The second-order valence-electron chi connectivity index (χ2n) is 7.44. The van der Waals surface area contributed by atoms with Crippen LogP contribution >= 0.6 is 0 Å². The van der Waals surface area contributed by atoms with E-state index >= 15 is 0 Å². The van der Waals surface area contributed by atoms with Gasteiger partial charge in [0.05, 0.1) is 13.1 Å². The molecule has 1 aromatic rings. The number of nitrogens with zero attached hydrogens (tertiary/aromatic N) is 2. The lowest BCUT2D eigenvalue weighted by Crippen LogP contribution is -2.70. The molecule has 0 aliphatic heterocycles. The molecule has 22 heteroatoms. The molecule has 1 rings (SSSR count). The lowest BCUT2D eigenvalue weighted by molar-refractivity contribution is -0.696. The van der Waals surface area contributed by atoms with Crippen LogP contribution in [0.25, 0.3) is 0 Å². The second kappa shape index (κ2) is 11.2. The molecule has 0 unspecified atom stereocenters. The number of aromatic nitrogens is 2. The molecule has 0 spiro atoms. The van der Waals surface area contributed by atoms with Crippen molar-refractivity contribution >= 4 is 10.1 Å². The number of imidazole rings is 1. The van der Waals surface area contributed by atoms with E-state index < -0.39 is 64.4 Å². The molecular weight excluding hydrogens is 604 g/mol. The molecule has 0 fully saturated rings. The minimum Gasteiger partial charge on any atom is -0.741 e. The lowest BCUT2D eigenvalue weighted by Gasteiger charge is -2.45. The minimum absolute atomic E-state index is 0.259. The van der Waals surface area contributed by atoms with Gasteiger partial charge >= 0.3 is 35.9 Å². The summed E-state index contributed by atoms with van der Waals surface area (Å²) >= 11 is 0. The first kappa shape index (κ1) is 36.0. The number of unbranched alkanes of at least 4 members (excludes halogenated alkanes) is 1. The topological polar surface area (TPSA) is 66.0 Å². The number of hydrogen-bond donors (Lipinski definition) is 0. The van der Waals surface area contributed by atoms with Crippen LogP contribution in [-0.2, 0) is 23.2 Å². The summed E-state index contributed by atoms with van der Waals surface area (Å²) in [6.07, 6.45) is -20.4. The van der Waals surface area contributed by atoms with Crippen LogP contribution in [-0.4, -0.2) is 53.4 Å². The normalized spacial score (nSPS) is 14.8. The van der Waals surface area contributed by atoms with Crippen molar-refractivity contribution in [3.63, 3.8) is 0 Å². The summed E-state index contributed by atoms with van der Waals surface area (Å²) in [6.45, 7) is 0.471. The molecule has 1 aromatic heterocycles. The van der Waals surface area contributed by atoms with Crippen molar-refractivity contribution < 1.29 is 87.8 Å². The number of aryl methyl sites for hydroxylation is 2. The van der Waals surface area contributed by atoms with Crippen LogP contribution < -0.4 is 4.57 Å². The summed E-state index contributed by atoms with van der Waals surface area (Å²) in [5.74, 6) is -15.2. The van der Waals surface area contributed by atoms with Crippen molar-refractivity contribution in [2.24, 2.45) is 5.41 Å². The summed E-state index contributed by atoms with van der Waals surface area (Å²) in [5.41, 5.74) is -12.3. The van der Waals surface area contributed by atoms with Crippen molar-refractivity contribution in [1.29, 1.82) is 0 Å². The van der Waals surface area contributed by atoms with E-state index in [4.69, 9.17) is 13.0 Å². The Labute approximate surface area is 202 Å². The smallest absolute Gasteiger partial charge is 0.485 e. The Hall–Kier alpha value is -2.00. The van der Waals surface area contributed by atoms with E-state index in [0.29, 0.717) is 17.4 Å². The van der Waals surface area contributed by atoms with Gasteiger partial charge in [0.15, 0.2) is 10.1 Å². The van der Waals surface area contributed by atoms with Gasteiger partial charge in [-0.1, -0.05) is 13.3 Å². The van der Waals surface area contributed by atoms with Crippen LogP contribution in [0.4, 0.5) is 70.2 Å². The zero-order valence-corrected chi connectivity index (χ0v) is 19.2. The van der Waals surface area contributed by atoms with Gasteiger partial charge in [0.25, 0.3) is 0 Å². The van der Waals surface area contributed by atoms with Crippen molar-refractivity contribution in [3.05, 3.63) is 18.7 Å². The average molecular weight is 620 g/mol. The van der Waals surface area contributed by atoms with Gasteiger partial charge in [0, 0.05) is 6.42 Å². The van der Waals surface area contributed by atoms with Crippen molar-refractivity contribution in [2.75, 3.05) is 0 Å². The predicted molar refractivity (Wildman–Crippen MR) is 90.4 cm³/mol. The second-order valence-corrected chi connectivity index (χ2v) is 8.81. The molecule has 1 heterocycles. The number of hydrogen-bond acceptors (Lipinski definition) is 3. The maximum Gasteiger partial charge on any atom is 0.485 e. The fourth-order valence-corrected chi connectivity index (χ4v) is 2.74. The van der Waals surface area contributed by atoms with E-state index in [1.807, 2.05) is 0 Å². The van der Waals surface area contributed by atoms with Crippen LogP contribution in [0.15, 0.2) is 18.7 Å². The maximum absolute atomic E-state index is 14.0. The Morgan fingerprint density at radius 2 is 1.18 bits per heavy atom. The quantitative estimate of drug-likeness (QED) is 0.156. The molecule has 226 valence electrons. The number of halogens is 16. The lowest BCUT2D eigenvalue weighted by atomic mass is 9.73. The molecule has 0 bridgehead atoms. The molecule has 0 aliphatic carbocycles. The van der Waals surface area contributed by atoms with E-state index in [0.717, 1.165) is 12.5 Å². The Balaban J connectivity index is 0.00000147. The fraction of sp³-hybridized carbons (Fsp3) is 0.812. The monoisotopic (exact) mass is 620 g/mol. The van der Waals surface area contributed by atoms with E-state index in [9.17, 15) is 70.2 Å². The molecule has 0 aromatic carbocycles. The summed E-state index contributed by atoms with van der Waals surface area (Å²) in [6, 6.07) is 0. The van der Waals surface area contributed by atoms with Gasteiger partial charge in [-0.2, -0.15) is 70.2 Å². The molecular formula is C16H16F16N2O3S. The van der Waals surface area contributed by atoms with Crippen LogP contribution in [0.3, 0.4) is 0 Å². The highest BCUT2D eigenvalue weighted by Crippen LogP contribution is 2.66. The van der Waals surface area contributed by atoms with Gasteiger partial charge in [-0.05, 0) is 6.42 Å². The molecule has 0 saturated carbocycles. The van der Waals surface area contributed by atoms with Gasteiger partial charge in [0.2, 0.25) is 11.7 Å². The Morgan fingerprint density at radius 1 is 0.763 bits per heavy atom. The zero-order chi connectivity index (χ0) is 30.8. The molecule has 0 radical (unpaired) electrons. The van der Waals surface area contributed by atoms with Gasteiger partial charge in [-0.3, -0.25) is 0 Å². The predicted octanol–water partition coefficient (Wildman–Crippen LogP) is 5.96. The van der Waals surface area contributed by atoms with Crippen molar-refractivity contribution in [3.8, 4) is 0 Å². The Bertz CT molecular complexity index is 992. The third-order valence-corrected chi connectivity index (χ3v) is 5.37. The van der Waals surface area contributed by atoms with Crippen molar-refractivity contribution in [1.82, 2.24) is 4.57 Å². The van der Waals surface area contributed by atoms with Gasteiger partial charge in [0.1, 0.15) is 12.4 Å². The molecule has 38 heavy (non-hydrogen) atoms. The molecule has 0 amide bonds. The standard InChI is InChI=1S/C15H16F13N2.CHF3O3S/c1-2-3-5-29-7-8-30(9-29)6-4-10(13(20,21)22,14(23,24)25)11(16,17)12(18,19)15(26,27)28;2-1(3,4)8(5,6)7/h7-9H,2-6H2,1H3;(H,5,6,7)/q+1;/p-1. The largest absolute Gasteiger partial charge is 0.741 e. The van der Waals surface area contributed by atoms with Crippen LogP contribution in [0, 0.1) is 5.41 Å². The summed E-state index contributed by atoms with van der Waals surface area (Å²) in [5, 5.41) is 0. The SMILES string of the molecule is CCCC[n+]1ccn(CCC(C(F)(F)F)(C(F)(F)F)C(F)(F)C(F)(F)C(F)(F)F)c1.O=S(=O)([O-])C(F)(F)F. The minimum atomic E-state index is -7.61. The highest BCUT2D eigenvalue weighted by Gasteiger charge is 2.91. The zero-order valence-electron chi connectivity index (χ0n) is 18.3. The van der Waals surface area contributed by atoms with Gasteiger partial charge < -0.3 is 4.55 Å². The third-order valence-electron chi connectivity index (χ3n) is 4.80. The number of alkyl halides is 16. The molecule has 0 N–H and O–H groups in total. The molecule has 0 aliphatic rings. The Kier molecular flexibility index (Phi) is 10.6. The van der Waals surface area contributed by atoms with E-state index in [2.05, 4.69) is 0 Å². The fourth-order valence-electron chi connectivity index (χ4n) is 2.74. The highest BCUT2D eigenvalue weighted by molar-refractivity contribution is 7.86. The van der Waals surface area contributed by atoms with Crippen LogP contribution in [0.2, 0.25) is 0 Å². The van der Waals surface area contributed by atoms with Crippen LogP contribution in [0.1, 0.15) is 26.2 Å². The summed E-state index contributed by atoms with van der Waals surface area (Å²) in [7, 11) is -6.09. The first-order valence-electron chi connectivity index (χ1n) is 9.54. The van der Waals surface area contributed by atoms with Gasteiger partial charge in [-0.15, -0.1) is 0 Å². The van der Waals surface area contributed by atoms with E-state index in [-0.39, 0.29) is 6.54 Å². The average Bonchev–Trinajstić information content (AvgIpc) is 3.10. The highest BCUT2D eigenvalue weighted by atomic mass is 32.2. The van der Waals surface area contributed by atoms with Crippen molar-refractivity contribution in [2.45, 2.75) is 75.2 Å². The number of rotatable bonds is 8. The molecule has 5 nitrogen and oxygen atoms in total. The first-order chi connectivity index (χ1) is 16.5. The van der Waals surface area contributed by atoms with Gasteiger partial charge in [-0.25, -0.2) is 17.6 Å². The maximum atomic E-state index is 14.0. The molecule has 0 atom stereocenters. The van der Waals surface area contributed by atoms with Crippen LogP contribution in [0.5, 0.6) is 0 Å². The summed E-state index contributed by atoms with van der Waals surface area (Å²) in [4.78, 5) is 0. The summed E-state index contributed by atoms with van der Waals surface area (Å²) < 4.78 is 232.